The second kappa shape index (κ2) is 13.7. The monoisotopic (exact) mass is 586 g/mol. The van der Waals surface area contributed by atoms with E-state index in [1.807, 2.05) is 0 Å². The van der Waals surface area contributed by atoms with E-state index < -0.39 is 22.0 Å². The minimum absolute atomic E-state index is 0.136. The number of nitrogens with one attached hydrogen (secondary N) is 1. The molecule has 1 fully saturated rings. The van der Waals surface area contributed by atoms with Crippen LogP contribution < -0.4 is 10.1 Å². The Balaban J connectivity index is 1.41. The van der Waals surface area contributed by atoms with E-state index in [0.717, 1.165) is 11.1 Å². The van der Waals surface area contributed by atoms with Crippen LogP contribution in [0.4, 0.5) is 0 Å². The summed E-state index contributed by atoms with van der Waals surface area (Å²) < 4.78 is 38.0. The second-order valence-electron chi connectivity index (χ2n) is 9.17. The standard InChI is InChI=1S/C28H31ClN4O6S/c1-21(28(35)31-18-22-10-12-30-13-11-22)33(19-23-2-4-24(29)5-3-23)27(34)20-39-25-6-8-26(9-7-25)40(36,37)32-14-16-38-17-15-32/h2-13,21H,14-20H2,1H3,(H,31,35)/t21-/m1/s1. The largest absolute Gasteiger partial charge is 0.484 e. The lowest BCUT2D eigenvalue weighted by molar-refractivity contribution is -0.142. The normalized spacial score (nSPS) is 14.8. The third-order valence-corrected chi connectivity index (χ3v) is 8.61. The summed E-state index contributed by atoms with van der Waals surface area (Å²) in [5, 5.41) is 3.42. The molecule has 2 heterocycles. The van der Waals surface area contributed by atoms with E-state index >= 15 is 0 Å². The van der Waals surface area contributed by atoms with Gasteiger partial charge in [0.25, 0.3) is 5.91 Å². The third-order valence-electron chi connectivity index (χ3n) is 6.44. The highest BCUT2D eigenvalue weighted by atomic mass is 35.5. The maximum Gasteiger partial charge on any atom is 0.261 e. The number of aromatic nitrogens is 1. The van der Waals surface area contributed by atoms with Gasteiger partial charge in [0.1, 0.15) is 11.8 Å². The number of nitrogens with zero attached hydrogens (tertiary/aromatic N) is 3. The Labute approximate surface area is 238 Å². The number of carbonyl (C=O) groups is 2. The molecule has 0 radical (unpaired) electrons. The van der Waals surface area contributed by atoms with Gasteiger partial charge in [0.2, 0.25) is 15.9 Å². The van der Waals surface area contributed by atoms with E-state index in [0.29, 0.717) is 43.6 Å². The van der Waals surface area contributed by atoms with Crippen molar-refractivity contribution in [2.45, 2.75) is 31.0 Å². The Morgan fingerprint density at radius 2 is 1.68 bits per heavy atom. The summed E-state index contributed by atoms with van der Waals surface area (Å²) >= 11 is 6.01. The van der Waals surface area contributed by atoms with Crippen molar-refractivity contribution in [3.8, 4) is 5.75 Å². The third kappa shape index (κ3) is 7.79. The molecule has 1 aliphatic rings. The van der Waals surface area contributed by atoms with Gasteiger partial charge in [-0.15, -0.1) is 0 Å². The van der Waals surface area contributed by atoms with Crippen LogP contribution in [0.25, 0.3) is 0 Å². The Bertz CT molecular complexity index is 1380. The van der Waals surface area contributed by atoms with Crippen molar-refractivity contribution in [2.24, 2.45) is 0 Å². The number of morpholine rings is 1. The number of rotatable bonds is 11. The van der Waals surface area contributed by atoms with Gasteiger partial charge < -0.3 is 19.7 Å². The van der Waals surface area contributed by atoms with Crippen LogP contribution in [0.15, 0.2) is 78.0 Å². The quantitative estimate of drug-likeness (QED) is 0.367. The maximum atomic E-state index is 13.3. The van der Waals surface area contributed by atoms with E-state index in [-0.39, 0.29) is 24.0 Å². The van der Waals surface area contributed by atoms with Crippen molar-refractivity contribution in [3.05, 3.63) is 89.2 Å². The molecule has 12 heteroatoms. The Kier molecular flexibility index (Phi) is 10.1. The number of amides is 2. The summed E-state index contributed by atoms with van der Waals surface area (Å²) in [4.78, 5) is 31.8. The van der Waals surface area contributed by atoms with E-state index in [2.05, 4.69) is 10.3 Å². The van der Waals surface area contributed by atoms with E-state index in [9.17, 15) is 18.0 Å². The molecule has 0 unspecified atom stereocenters. The van der Waals surface area contributed by atoms with Crippen molar-refractivity contribution in [1.82, 2.24) is 19.5 Å². The molecule has 1 atom stereocenters. The first-order chi connectivity index (χ1) is 19.2. The molecule has 1 saturated heterocycles. The zero-order valence-corrected chi connectivity index (χ0v) is 23.6. The lowest BCUT2D eigenvalue weighted by Crippen LogP contribution is -2.48. The molecule has 1 aromatic heterocycles. The molecule has 1 aliphatic heterocycles. The minimum Gasteiger partial charge on any atom is -0.484 e. The van der Waals surface area contributed by atoms with Crippen LogP contribution in [0.5, 0.6) is 5.75 Å². The first-order valence-corrected chi connectivity index (χ1v) is 14.6. The molecule has 10 nitrogen and oxygen atoms in total. The molecule has 212 valence electrons. The highest BCUT2D eigenvalue weighted by Crippen LogP contribution is 2.21. The Hall–Kier alpha value is -3.51. The summed E-state index contributed by atoms with van der Waals surface area (Å²) in [5.41, 5.74) is 1.68. The number of carbonyl (C=O) groups excluding carboxylic acids is 2. The molecule has 40 heavy (non-hydrogen) atoms. The summed E-state index contributed by atoms with van der Waals surface area (Å²) in [6.07, 6.45) is 3.28. The lowest BCUT2D eigenvalue weighted by Gasteiger charge is -2.29. The molecule has 0 spiro atoms. The number of halogens is 1. The summed E-state index contributed by atoms with van der Waals surface area (Å²) in [5.74, 6) is -0.404. The molecule has 0 aliphatic carbocycles. The van der Waals surface area contributed by atoms with Gasteiger partial charge in [-0.3, -0.25) is 14.6 Å². The van der Waals surface area contributed by atoms with Gasteiger partial charge in [0.05, 0.1) is 18.1 Å². The number of ether oxygens (including phenoxy) is 2. The van der Waals surface area contributed by atoms with Crippen molar-refractivity contribution in [1.29, 1.82) is 0 Å². The van der Waals surface area contributed by atoms with E-state index in [4.69, 9.17) is 21.1 Å². The predicted molar refractivity (Wildman–Crippen MR) is 149 cm³/mol. The Morgan fingerprint density at radius 1 is 1.02 bits per heavy atom. The zero-order chi connectivity index (χ0) is 28.5. The number of sulfonamides is 1. The zero-order valence-electron chi connectivity index (χ0n) is 22.0. The van der Waals surface area contributed by atoms with Crippen LogP contribution in [0.3, 0.4) is 0 Å². The van der Waals surface area contributed by atoms with Crippen LogP contribution in [-0.2, 0) is 37.4 Å². The van der Waals surface area contributed by atoms with Gasteiger partial charge in [-0.2, -0.15) is 4.31 Å². The summed E-state index contributed by atoms with van der Waals surface area (Å²) in [6, 6.07) is 15.7. The molecule has 4 rings (SSSR count). The van der Waals surface area contributed by atoms with Crippen LogP contribution in [0.1, 0.15) is 18.1 Å². The minimum atomic E-state index is -3.64. The Morgan fingerprint density at radius 3 is 2.33 bits per heavy atom. The highest BCUT2D eigenvalue weighted by molar-refractivity contribution is 7.89. The average molecular weight is 587 g/mol. The molecule has 0 bridgehead atoms. The summed E-state index contributed by atoms with van der Waals surface area (Å²) in [6.45, 7) is 3.08. The van der Waals surface area contributed by atoms with E-state index in [1.165, 1.54) is 33.5 Å². The summed E-state index contributed by atoms with van der Waals surface area (Å²) in [7, 11) is -3.64. The maximum absolute atomic E-state index is 13.3. The molecule has 2 amide bonds. The van der Waals surface area contributed by atoms with Crippen LogP contribution in [0, 0.1) is 0 Å². The fraction of sp³-hybridized carbons (Fsp3) is 0.321. The fourth-order valence-electron chi connectivity index (χ4n) is 4.08. The molecular weight excluding hydrogens is 556 g/mol. The van der Waals surface area contributed by atoms with Crippen molar-refractivity contribution < 1.29 is 27.5 Å². The van der Waals surface area contributed by atoms with Gasteiger partial charge in [-0.25, -0.2) is 8.42 Å². The van der Waals surface area contributed by atoms with E-state index in [1.54, 1.807) is 55.7 Å². The fourth-order valence-corrected chi connectivity index (χ4v) is 5.61. The molecule has 1 N–H and O–H groups in total. The average Bonchev–Trinajstić information content (AvgIpc) is 2.99. The smallest absolute Gasteiger partial charge is 0.261 e. The predicted octanol–water partition coefficient (Wildman–Crippen LogP) is 2.87. The van der Waals surface area contributed by atoms with Crippen LogP contribution in [0.2, 0.25) is 5.02 Å². The van der Waals surface area contributed by atoms with Crippen molar-refractivity contribution in [3.63, 3.8) is 0 Å². The number of hydrogen-bond donors (Lipinski definition) is 1. The second-order valence-corrected chi connectivity index (χ2v) is 11.5. The van der Waals surface area contributed by atoms with Crippen molar-refractivity contribution in [2.75, 3.05) is 32.9 Å². The number of pyridine rings is 1. The highest BCUT2D eigenvalue weighted by Gasteiger charge is 2.28. The SMILES string of the molecule is C[C@H](C(=O)NCc1ccncc1)N(Cc1ccc(Cl)cc1)C(=O)COc1ccc(S(=O)(=O)N2CCOCC2)cc1. The number of hydrogen-bond acceptors (Lipinski definition) is 7. The van der Waals surface area contributed by atoms with Gasteiger partial charge in [0, 0.05) is 43.6 Å². The molecular formula is C28H31ClN4O6S. The van der Waals surface area contributed by atoms with Gasteiger partial charge in [-0.1, -0.05) is 23.7 Å². The number of benzene rings is 2. The first-order valence-electron chi connectivity index (χ1n) is 12.8. The van der Waals surface area contributed by atoms with Gasteiger partial charge in [0.15, 0.2) is 6.61 Å². The molecule has 3 aromatic rings. The van der Waals surface area contributed by atoms with Gasteiger partial charge in [-0.05, 0) is 66.6 Å². The van der Waals surface area contributed by atoms with Crippen LogP contribution >= 0.6 is 11.6 Å². The van der Waals surface area contributed by atoms with Crippen LogP contribution in [-0.4, -0.2) is 73.4 Å². The van der Waals surface area contributed by atoms with Gasteiger partial charge >= 0.3 is 0 Å². The molecule has 0 saturated carbocycles. The topological polar surface area (TPSA) is 118 Å². The lowest BCUT2D eigenvalue weighted by atomic mass is 10.1. The van der Waals surface area contributed by atoms with Crippen molar-refractivity contribution >= 4 is 33.4 Å². The first kappa shape index (κ1) is 29.5. The molecule has 2 aromatic carbocycles.